The molecule has 1 saturated heterocycles. The van der Waals surface area contributed by atoms with E-state index in [4.69, 9.17) is 4.74 Å². The van der Waals surface area contributed by atoms with Gasteiger partial charge in [0.05, 0.1) is 10.6 Å². The van der Waals surface area contributed by atoms with Gasteiger partial charge < -0.3 is 23.8 Å². The van der Waals surface area contributed by atoms with E-state index in [2.05, 4.69) is 19.2 Å². The minimum absolute atomic E-state index is 0.0701. The summed E-state index contributed by atoms with van der Waals surface area (Å²) in [6.45, 7) is 0.0513. The number of nitrogens with zero attached hydrogens (tertiary/aromatic N) is 3. The van der Waals surface area contributed by atoms with Gasteiger partial charge >= 0.3 is 42.4 Å². The summed E-state index contributed by atoms with van der Waals surface area (Å²) >= 11 is 0. The van der Waals surface area contributed by atoms with E-state index in [1.807, 2.05) is 5.32 Å². The Balaban J connectivity index is 1.61. The Morgan fingerprint density at radius 2 is 1.39 bits per heavy atom. The standard InChI is InChI=1S/C26H23F9N4O9S/c27-23(28,29)20(40)45-19-26(47-21(41)24(30,31)32,48-22(42)25(33,34)35)46-18-15(14-36-19)6-7-17(37-18)39-10-8-38(9-11-39)12-13-49(43,44)16-4-2-1-3-5-16/h1-7,19,36H,8-14H2. The maximum atomic E-state index is 13.2. The number of alkyl halides is 9. The van der Waals surface area contributed by atoms with Crippen molar-refractivity contribution in [2.45, 2.75) is 42.2 Å². The first kappa shape index (κ1) is 37.4. The van der Waals surface area contributed by atoms with E-state index >= 15 is 0 Å². The van der Waals surface area contributed by atoms with Crippen molar-refractivity contribution in [1.29, 1.82) is 0 Å². The second-order valence-electron chi connectivity index (χ2n) is 10.2. The van der Waals surface area contributed by atoms with Gasteiger partial charge in [0.1, 0.15) is 5.82 Å². The molecule has 49 heavy (non-hydrogen) atoms. The molecule has 4 rings (SSSR count). The van der Waals surface area contributed by atoms with Crippen molar-refractivity contribution in [1.82, 2.24) is 15.2 Å². The summed E-state index contributed by atoms with van der Waals surface area (Å²) in [4.78, 5) is 42.6. The van der Waals surface area contributed by atoms with Crippen LogP contribution in [0.5, 0.6) is 5.88 Å². The third kappa shape index (κ3) is 9.20. The fourth-order valence-corrected chi connectivity index (χ4v) is 5.71. The summed E-state index contributed by atoms with van der Waals surface area (Å²) in [6, 6.07) is 10.1. The number of carbonyl (C=O) groups excluding carboxylic acids is 3. The Labute approximate surface area is 269 Å². The fraction of sp³-hybridized carbons (Fsp3) is 0.462. The van der Waals surface area contributed by atoms with Gasteiger partial charge in [0.15, 0.2) is 9.84 Å². The zero-order valence-electron chi connectivity index (χ0n) is 24.4. The van der Waals surface area contributed by atoms with E-state index in [-0.39, 0.29) is 54.8 Å². The van der Waals surface area contributed by atoms with Crippen molar-refractivity contribution >= 4 is 33.6 Å². The molecule has 2 aromatic rings. The van der Waals surface area contributed by atoms with Crippen LogP contribution in [0.15, 0.2) is 47.4 Å². The van der Waals surface area contributed by atoms with Crippen molar-refractivity contribution < 1.29 is 81.3 Å². The topological polar surface area (TPSA) is 154 Å². The summed E-state index contributed by atoms with van der Waals surface area (Å²) in [5, 5.41) is 1.82. The van der Waals surface area contributed by atoms with E-state index < -0.39 is 70.9 Å². The second-order valence-corrected chi connectivity index (χ2v) is 12.3. The molecule has 0 saturated carbocycles. The largest absolute Gasteiger partial charge is 0.491 e. The van der Waals surface area contributed by atoms with Gasteiger partial charge in [0, 0.05) is 44.8 Å². The highest BCUT2D eigenvalue weighted by Crippen LogP contribution is 2.36. The van der Waals surface area contributed by atoms with Crippen LogP contribution in [-0.4, -0.2) is 105 Å². The first-order valence-electron chi connectivity index (χ1n) is 13.7. The molecular formula is C26H23F9N4O9S. The van der Waals surface area contributed by atoms with Crippen LogP contribution in [0.3, 0.4) is 0 Å². The molecule has 0 aliphatic carbocycles. The summed E-state index contributed by atoms with van der Waals surface area (Å²) in [7, 11) is -3.60. The normalized spacial score (nSPS) is 18.8. The Bertz CT molecular complexity index is 1620. The highest BCUT2D eigenvalue weighted by molar-refractivity contribution is 7.91. The van der Waals surface area contributed by atoms with Crippen molar-refractivity contribution in [2.24, 2.45) is 0 Å². The maximum Gasteiger partial charge on any atom is 0.491 e. The predicted octanol–water partition coefficient (Wildman–Crippen LogP) is 2.46. The third-order valence-electron chi connectivity index (χ3n) is 6.83. The first-order valence-corrected chi connectivity index (χ1v) is 15.3. The molecule has 0 amide bonds. The molecule has 1 N–H and O–H groups in total. The average molecular weight is 739 g/mol. The lowest BCUT2D eigenvalue weighted by Crippen LogP contribution is -2.63. The third-order valence-corrected chi connectivity index (χ3v) is 8.54. The number of pyridine rings is 1. The molecule has 1 unspecified atom stereocenters. The lowest BCUT2D eigenvalue weighted by atomic mass is 10.2. The number of hydrogen-bond acceptors (Lipinski definition) is 13. The molecular weight excluding hydrogens is 715 g/mol. The van der Waals surface area contributed by atoms with E-state index in [0.29, 0.717) is 0 Å². The van der Waals surface area contributed by atoms with Gasteiger partial charge in [-0.3, -0.25) is 10.2 Å². The number of esters is 3. The molecule has 2 aliphatic rings. The van der Waals surface area contributed by atoms with Crippen LogP contribution < -0.4 is 15.0 Å². The van der Waals surface area contributed by atoms with Crippen LogP contribution in [0, 0.1) is 0 Å². The highest BCUT2D eigenvalue weighted by Gasteiger charge is 2.62. The summed E-state index contributed by atoms with van der Waals surface area (Å²) < 4.78 is 160. The van der Waals surface area contributed by atoms with Crippen LogP contribution >= 0.6 is 0 Å². The molecule has 13 nitrogen and oxygen atoms in total. The molecule has 270 valence electrons. The summed E-state index contributed by atoms with van der Waals surface area (Å²) in [5.74, 6) is -15.8. The number of ether oxygens (including phenoxy) is 4. The molecule has 0 radical (unpaired) electrons. The van der Waals surface area contributed by atoms with E-state index in [1.54, 1.807) is 23.1 Å². The van der Waals surface area contributed by atoms with E-state index in [0.717, 1.165) is 6.07 Å². The van der Waals surface area contributed by atoms with Gasteiger partial charge in [-0.2, -0.15) is 44.5 Å². The molecule has 0 bridgehead atoms. The minimum atomic E-state index is -6.05. The molecule has 0 spiro atoms. The van der Waals surface area contributed by atoms with Gasteiger partial charge in [-0.1, -0.05) is 18.2 Å². The lowest BCUT2D eigenvalue weighted by molar-refractivity contribution is -0.370. The number of hydrogen-bond donors (Lipinski definition) is 1. The van der Waals surface area contributed by atoms with Gasteiger partial charge in [-0.25, -0.2) is 22.8 Å². The smallest absolute Gasteiger partial charge is 0.427 e. The predicted molar refractivity (Wildman–Crippen MR) is 142 cm³/mol. The molecule has 1 aromatic heterocycles. The first-order chi connectivity index (χ1) is 22.6. The Morgan fingerprint density at radius 3 is 1.92 bits per heavy atom. The van der Waals surface area contributed by atoms with Crippen LogP contribution in [0.2, 0.25) is 0 Å². The van der Waals surface area contributed by atoms with Crippen molar-refractivity contribution in [2.75, 3.05) is 43.4 Å². The van der Waals surface area contributed by atoms with Crippen molar-refractivity contribution in [3.8, 4) is 5.88 Å². The Hall–Kier alpha value is -4.38. The minimum Gasteiger partial charge on any atom is -0.427 e. The number of fused-ring (bicyclic) bond motifs is 1. The second kappa shape index (κ2) is 13.9. The Kier molecular flexibility index (Phi) is 10.6. The van der Waals surface area contributed by atoms with Gasteiger partial charge in [-0.15, -0.1) is 0 Å². The van der Waals surface area contributed by atoms with Crippen LogP contribution in [0.4, 0.5) is 45.3 Å². The van der Waals surface area contributed by atoms with Gasteiger partial charge in [-0.05, 0) is 24.3 Å². The number of carbonyl (C=O) groups is 3. The fourth-order valence-electron chi connectivity index (χ4n) is 4.40. The number of halogens is 9. The number of rotatable bonds is 8. The number of nitrogens with one attached hydrogen (secondary N) is 1. The number of piperazine rings is 1. The van der Waals surface area contributed by atoms with Crippen LogP contribution in [0.25, 0.3) is 0 Å². The van der Waals surface area contributed by atoms with Gasteiger partial charge in [0.25, 0.3) is 6.23 Å². The number of benzene rings is 1. The van der Waals surface area contributed by atoms with Crippen molar-refractivity contribution in [3.63, 3.8) is 0 Å². The lowest BCUT2D eigenvalue weighted by Gasteiger charge is -2.36. The van der Waals surface area contributed by atoms with Crippen LogP contribution in [-0.2, 0) is 45.0 Å². The molecule has 2 aliphatic heterocycles. The molecule has 1 atom stereocenters. The highest BCUT2D eigenvalue weighted by atomic mass is 32.2. The molecule has 3 heterocycles. The molecule has 1 aromatic carbocycles. The van der Waals surface area contributed by atoms with E-state index in [9.17, 15) is 62.3 Å². The van der Waals surface area contributed by atoms with Gasteiger partial charge in [0.2, 0.25) is 5.88 Å². The Morgan fingerprint density at radius 1 is 0.837 bits per heavy atom. The summed E-state index contributed by atoms with van der Waals surface area (Å²) in [6.07, 6.45) is -21.3. The SMILES string of the molecule is O=C(OC1NCc2ccc(N3CCN(CCS(=O)(=O)c4ccccc4)CC3)nc2OC1(OC(=O)C(F)(F)F)OC(=O)C(F)(F)F)C(F)(F)F. The number of sulfone groups is 1. The number of anilines is 1. The van der Waals surface area contributed by atoms with E-state index in [1.165, 1.54) is 23.1 Å². The number of aromatic nitrogens is 1. The molecule has 23 heteroatoms. The van der Waals surface area contributed by atoms with Crippen molar-refractivity contribution in [3.05, 3.63) is 48.0 Å². The average Bonchev–Trinajstić information content (AvgIpc) is 3.15. The zero-order valence-corrected chi connectivity index (χ0v) is 25.2. The zero-order chi connectivity index (χ0) is 36.4. The van der Waals surface area contributed by atoms with Crippen LogP contribution in [0.1, 0.15) is 5.56 Å². The quantitative estimate of drug-likeness (QED) is 0.240. The maximum absolute atomic E-state index is 13.2. The summed E-state index contributed by atoms with van der Waals surface area (Å²) in [5.41, 5.74) is -0.297. The monoisotopic (exact) mass is 738 g/mol. The molecule has 1 fully saturated rings.